The van der Waals surface area contributed by atoms with Gasteiger partial charge in [-0.15, -0.1) is 0 Å². The van der Waals surface area contributed by atoms with Crippen molar-refractivity contribution in [3.63, 3.8) is 0 Å². The molecular weight excluding hydrogens is 302 g/mol. The summed E-state index contributed by atoms with van der Waals surface area (Å²) in [7, 11) is 0. The fourth-order valence-corrected chi connectivity index (χ4v) is 4.95. The molecule has 1 saturated heterocycles. The molecule has 1 amide bonds. The second-order valence-corrected chi connectivity index (χ2v) is 7.71. The summed E-state index contributed by atoms with van der Waals surface area (Å²) in [5.41, 5.74) is 7.45. The van der Waals surface area contributed by atoms with E-state index in [0.717, 1.165) is 44.7 Å². The zero-order chi connectivity index (χ0) is 16.7. The largest absolute Gasteiger partial charge is 0.508 e. The summed E-state index contributed by atoms with van der Waals surface area (Å²) < 4.78 is 0. The van der Waals surface area contributed by atoms with E-state index < -0.39 is 0 Å². The molecule has 3 N–H and O–H groups in total. The molecule has 24 heavy (non-hydrogen) atoms. The first-order valence-electron chi connectivity index (χ1n) is 9.16. The number of phenols is 1. The fourth-order valence-electron chi connectivity index (χ4n) is 4.95. The molecule has 2 saturated carbocycles. The van der Waals surface area contributed by atoms with E-state index >= 15 is 0 Å². The molecule has 0 radical (unpaired) electrons. The van der Waals surface area contributed by atoms with Crippen LogP contribution in [0, 0.1) is 17.8 Å². The SMILES string of the molecule is NC1C2CCC(C2)C1C(=O)N1CCN(Cc2cccc(O)c2)CC1. The lowest BCUT2D eigenvalue weighted by Crippen LogP contribution is -2.53. The minimum Gasteiger partial charge on any atom is -0.508 e. The van der Waals surface area contributed by atoms with Gasteiger partial charge >= 0.3 is 0 Å². The highest BCUT2D eigenvalue weighted by Crippen LogP contribution is 2.48. The Morgan fingerprint density at radius 1 is 1.17 bits per heavy atom. The van der Waals surface area contributed by atoms with Gasteiger partial charge in [-0.3, -0.25) is 9.69 Å². The number of phenolic OH excluding ortho intramolecular Hbond substituents is 1. The average molecular weight is 329 g/mol. The lowest BCUT2D eigenvalue weighted by molar-refractivity contribution is -0.139. The Kier molecular flexibility index (Phi) is 4.22. The Labute approximate surface area is 143 Å². The van der Waals surface area contributed by atoms with Crippen LogP contribution in [0.3, 0.4) is 0 Å². The Bertz CT molecular complexity index is 610. The van der Waals surface area contributed by atoms with Gasteiger partial charge in [-0.2, -0.15) is 0 Å². The lowest BCUT2D eigenvalue weighted by atomic mass is 9.84. The minimum absolute atomic E-state index is 0.0707. The molecule has 1 aromatic carbocycles. The number of piperazine rings is 1. The second kappa shape index (κ2) is 6.37. The Morgan fingerprint density at radius 2 is 1.92 bits per heavy atom. The summed E-state index contributed by atoms with van der Waals surface area (Å²) in [4.78, 5) is 17.3. The molecule has 4 atom stereocenters. The summed E-state index contributed by atoms with van der Waals surface area (Å²) in [5, 5.41) is 9.57. The van der Waals surface area contributed by atoms with Crippen LogP contribution < -0.4 is 5.73 Å². The first-order chi connectivity index (χ1) is 11.6. The van der Waals surface area contributed by atoms with Crippen molar-refractivity contribution in [2.75, 3.05) is 26.2 Å². The first-order valence-corrected chi connectivity index (χ1v) is 9.16. The van der Waals surface area contributed by atoms with Crippen molar-refractivity contribution in [1.29, 1.82) is 0 Å². The maximum Gasteiger partial charge on any atom is 0.227 e. The van der Waals surface area contributed by atoms with Crippen LogP contribution in [0.25, 0.3) is 0 Å². The summed E-state index contributed by atoms with van der Waals surface area (Å²) in [6.07, 6.45) is 3.56. The molecule has 3 aliphatic rings. The number of nitrogens with two attached hydrogens (primary N) is 1. The van der Waals surface area contributed by atoms with Crippen LogP contribution >= 0.6 is 0 Å². The van der Waals surface area contributed by atoms with E-state index in [1.54, 1.807) is 6.07 Å². The van der Waals surface area contributed by atoms with Crippen LogP contribution in [0.4, 0.5) is 0 Å². The van der Waals surface area contributed by atoms with Gasteiger partial charge in [0.15, 0.2) is 0 Å². The molecule has 0 spiro atoms. The third-order valence-corrected chi connectivity index (χ3v) is 6.27. The highest BCUT2D eigenvalue weighted by Gasteiger charge is 2.50. The van der Waals surface area contributed by atoms with Gasteiger partial charge in [-0.1, -0.05) is 12.1 Å². The first kappa shape index (κ1) is 15.9. The fraction of sp³-hybridized carbons (Fsp3) is 0.632. The number of fused-ring (bicyclic) bond motifs is 2. The molecule has 4 rings (SSSR count). The molecule has 5 nitrogen and oxygen atoms in total. The normalized spacial score (nSPS) is 33.1. The lowest BCUT2D eigenvalue weighted by Gasteiger charge is -2.38. The number of amides is 1. The number of rotatable bonds is 3. The van der Waals surface area contributed by atoms with Crippen molar-refractivity contribution in [3.8, 4) is 5.75 Å². The second-order valence-electron chi connectivity index (χ2n) is 7.71. The van der Waals surface area contributed by atoms with Crippen molar-refractivity contribution in [1.82, 2.24) is 9.80 Å². The van der Waals surface area contributed by atoms with Gasteiger partial charge in [0.05, 0.1) is 5.92 Å². The molecule has 2 bridgehead atoms. The molecule has 4 unspecified atom stereocenters. The molecule has 130 valence electrons. The quantitative estimate of drug-likeness (QED) is 0.880. The van der Waals surface area contributed by atoms with Crippen molar-refractivity contribution < 1.29 is 9.90 Å². The standard InChI is InChI=1S/C19H27N3O2/c20-18-15-5-4-14(11-15)17(18)19(24)22-8-6-21(7-9-22)12-13-2-1-3-16(23)10-13/h1-3,10,14-15,17-18,23H,4-9,11-12,20H2. The minimum atomic E-state index is 0.0707. The third kappa shape index (κ3) is 2.91. The van der Waals surface area contributed by atoms with Crippen LogP contribution in [0.1, 0.15) is 24.8 Å². The molecule has 1 aliphatic heterocycles. The predicted molar refractivity (Wildman–Crippen MR) is 92.3 cm³/mol. The van der Waals surface area contributed by atoms with E-state index in [9.17, 15) is 9.90 Å². The zero-order valence-electron chi connectivity index (χ0n) is 14.1. The van der Waals surface area contributed by atoms with Crippen LogP contribution in [0.5, 0.6) is 5.75 Å². The number of carbonyl (C=O) groups excluding carboxylic acids is 1. The number of carbonyl (C=O) groups is 1. The van der Waals surface area contributed by atoms with Crippen molar-refractivity contribution in [2.45, 2.75) is 31.8 Å². The van der Waals surface area contributed by atoms with Gasteiger partial charge in [-0.25, -0.2) is 0 Å². The predicted octanol–water partition coefficient (Wildman–Crippen LogP) is 1.41. The molecular formula is C19H27N3O2. The molecule has 0 aromatic heterocycles. The van der Waals surface area contributed by atoms with Crippen LogP contribution in [-0.2, 0) is 11.3 Å². The summed E-state index contributed by atoms with van der Waals surface area (Å²) >= 11 is 0. The highest BCUT2D eigenvalue weighted by molar-refractivity contribution is 5.80. The Balaban J connectivity index is 1.32. The van der Waals surface area contributed by atoms with Gasteiger partial charge in [-0.05, 0) is 48.8 Å². The number of hydrogen-bond acceptors (Lipinski definition) is 4. The van der Waals surface area contributed by atoms with Crippen molar-refractivity contribution in [2.24, 2.45) is 23.5 Å². The van der Waals surface area contributed by atoms with Crippen molar-refractivity contribution >= 4 is 5.91 Å². The maximum absolute atomic E-state index is 12.9. The van der Waals surface area contributed by atoms with Crippen molar-refractivity contribution in [3.05, 3.63) is 29.8 Å². The van der Waals surface area contributed by atoms with Gasteiger partial charge in [0, 0.05) is 38.8 Å². The monoisotopic (exact) mass is 329 g/mol. The maximum atomic E-state index is 12.9. The molecule has 1 aromatic rings. The molecule has 1 heterocycles. The zero-order valence-corrected chi connectivity index (χ0v) is 14.1. The summed E-state index contributed by atoms with van der Waals surface area (Å²) in [5.74, 6) is 1.79. The Morgan fingerprint density at radius 3 is 2.58 bits per heavy atom. The van der Waals surface area contributed by atoms with Gasteiger partial charge in [0.25, 0.3) is 0 Å². The van der Waals surface area contributed by atoms with Gasteiger partial charge in [0.1, 0.15) is 5.75 Å². The number of aromatic hydroxyl groups is 1. The van der Waals surface area contributed by atoms with E-state index in [-0.39, 0.29) is 12.0 Å². The third-order valence-electron chi connectivity index (χ3n) is 6.27. The molecule has 3 fully saturated rings. The van der Waals surface area contributed by atoms with E-state index in [0.29, 0.717) is 23.5 Å². The van der Waals surface area contributed by atoms with Crippen LogP contribution in [0.2, 0.25) is 0 Å². The topological polar surface area (TPSA) is 69.8 Å². The molecule has 2 aliphatic carbocycles. The van der Waals surface area contributed by atoms with E-state index in [1.807, 2.05) is 23.1 Å². The van der Waals surface area contributed by atoms with E-state index in [4.69, 9.17) is 5.73 Å². The average Bonchev–Trinajstić information content (AvgIpc) is 3.16. The van der Waals surface area contributed by atoms with Gasteiger partial charge in [0.2, 0.25) is 5.91 Å². The smallest absolute Gasteiger partial charge is 0.227 e. The van der Waals surface area contributed by atoms with E-state index in [1.165, 1.54) is 12.8 Å². The van der Waals surface area contributed by atoms with Crippen LogP contribution in [0.15, 0.2) is 24.3 Å². The van der Waals surface area contributed by atoms with E-state index in [2.05, 4.69) is 4.90 Å². The summed E-state index contributed by atoms with van der Waals surface area (Å²) in [6.45, 7) is 4.18. The number of benzene rings is 1. The summed E-state index contributed by atoms with van der Waals surface area (Å²) in [6, 6.07) is 7.50. The highest BCUT2D eigenvalue weighted by atomic mass is 16.3. The number of hydrogen-bond donors (Lipinski definition) is 2. The molecule has 5 heteroatoms. The Hall–Kier alpha value is -1.59. The number of nitrogens with zero attached hydrogens (tertiary/aromatic N) is 2. The van der Waals surface area contributed by atoms with Gasteiger partial charge < -0.3 is 15.7 Å². The van der Waals surface area contributed by atoms with Crippen LogP contribution in [-0.4, -0.2) is 53.0 Å².